The standard InChI is InChI=1S/C24H34N6O2S/c1-24(2,3)12-26-23-29-27-13-30(23)16-8-9-18-17(10-16)19(21(32)25-11-14-4-5-14)22(33-18)28-20(31)15-6-7-15/h13-16H,4-12H2,1-3H3,(H,25,32)(H,26,29)(H,28,31)/t16-/m0/s1. The lowest BCUT2D eigenvalue weighted by Gasteiger charge is -2.26. The molecule has 0 aromatic carbocycles. The van der Waals surface area contributed by atoms with Gasteiger partial charge in [-0.05, 0) is 61.8 Å². The Bertz CT molecular complexity index is 1040. The number of hydrogen-bond donors (Lipinski definition) is 3. The summed E-state index contributed by atoms with van der Waals surface area (Å²) in [7, 11) is 0. The molecule has 2 amide bonds. The Morgan fingerprint density at radius 3 is 2.67 bits per heavy atom. The number of hydrogen-bond acceptors (Lipinski definition) is 6. The maximum absolute atomic E-state index is 13.3. The van der Waals surface area contributed by atoms with E-state index in [0.717, 1.165) is 61.7 Å². The molecule has 3 N–H and O–H groups in total. The van der Waals surface area contributed by atoms with Crippen LogP contribution in [0.4, 0.5) is 10.9 Å². The first-order valence-electron chi connectivity index (χ1n) is 12.2. The molecule has 1 atom stereocenters. The number of carbonyl (C=O) groups is 2. The van der Waals surface area contributed by atoms with Crippen LogP contribution in [0.1, 0.15) is 79.7 Å². The lowest BCUT2D eigenvalue weighted by Crippen LogP contribution is -2.29. The van der Waals surface area contributed by atoms with Gasteiger partial charge in [0.25, 0.3) is 5.91 Å². The third-order valence-electron chi connectivity index (χ3n) is 6.64. The van der Waals surface area contributed by atoms with Crippen LogP contribution in [-0.4, -0.2) is 39.7 Å². The van der Waals surface area contributed by atoms with Gasteiger partial charge in [0.1, 0.15) is 11.3 Å². The molecule has 8 nitrogen and oxygen atoms in total. The van der Waals surface area contributed by atoms with Gasteiger partial charge in [-0.15, -0.1) is 21.5 Å². The molecule has 3 aliphatic carbocycles. The van der Waals surface area contributed by atoms with Crippen LogP contribution in [0.2, 0.25) is 0 Å². The molecule has 9 heteroatoms. The molecule has 33 heavy (non-hydrogen) atoms. The van der Waals surface area contributed by atoms with Crippen LogP contribution >= 0.6 is 11.3 Å². The highest BCUT2D eigenvalue weighted by molar-refractivity contribution is 7.17. The van der Waals surface area contributed by atoms with E-state index in [1.807, 2.05) is 0 Å². The minimum absolute atomic E-state index is 0.0499. The monoisotopic (exact) mass is 470 g/mol. The Balaban J connectivity index is 1.39. The molecule has 0 spiro atoms. The van der Waals surface area contributed by atoms with E-state index in [-0.39, 0.29) is 29.2 Å². The highest BCUT2D eigenvalue weighted by Gasteiger charge is 2.35. The van der Waals surface area contributed by atoms with Crippen LogP contribution in [0.3, 0.4) is 0 Å². The third-order valence-corrected chi connectivity index (χ3v) is 7.85. The Kier molecular flexibility index (Phi) is 5.93. The molecule has 0 unspecified atom stereocenters. The van der Waals surface area contributed by atoms with Crippen LogP contribution in [0.25, 0.3) is 0 Å². The molecule has 2 fully saturated rings. The SMILES string of the molecule is CC(C)(C)CNc1nncn1[C@H]1CCc2sc(NC(=O)C3CC3)c(C(=O)NCC3CC3)c2C1. The van der Waals surface area contributed by atoms with Crippen LogP contribution in [-0.2, 0) is 17.6 Å². The fraction of sp³-hybridized carbons (Fsp3) is 0.667. The topological polar surface area (TPSA) is 101 Å². The minimum Gasteiger partial charge on any atom is -0.354 e. The number of anilines is 2. The van der Waals surface area contributed by atoms with Crippen molar-refractivity contribution in [2.24, 2.45) is 17.3 Å². The molecule has 2 heterocycles. The molecule has 2 aromatic heterocycles. The van der Waals surface area contributed by atoms with E-state index in [9.17, 15) is 9.59 Å². The number of amides is 2. The van der Waals surface area contributed by atoms with Gasteiger partial charge < -0.3 is 16.0 Å². The Labute approximate surface area is 198 Å². The van der Waals surface area contributed by atoms with Gasteiger partial charge >= 0.3 is 0 Å². The van der Waals surface area contributed by atoms with Crippen molar-refractivity contribution in [3.05, 3.63) is 22.3 Å². The number of carbonyl (C=O) groups excluding carboxylic acids is 2. The van der Waals surface area contributed by atoms with Gasteiger partial charge in [0.05, 0.1) is 5.56 Å². The van der Waals surface area contributed by atoms with Gasteiger partial charge in [0, 0.05) is 29.9 Å². The summed E-state index contributed by atoms with van der Waals surface area (Å²) in [4.78, 5) is 27.0. The zero-order valence-corrected chi connectivity index (χ0v) is 20.6. The number of rotatable bonds is 8. The highest BCUT2D eigenvalue weighted by atomic mass is 32.1. The maximum Gasteiger partial charge on any atom is 0.254 e. The summed E-state index contributed by atoms with van der Waals surface area (Å²) in [5, 5.41) is 18.8. The number of thiophene rings is 1. The Hall–Kier alpha value is -2.42. The Morgan fingerprint density at radius 1 is 1.18 bits per heavy atom. The van der Waals surface area contributed by atoms with E-state index in [4.69, 9.17) is 0 Å². The van der Waals surface area contributed by atoms with E-state index >= 15 is 0 Å². The van der Waals surface area contributed by atoms with E-state index in [1.165, 1.54) is 17.7 Å². The van der Waals surface area contributed by atoms with Crippen molar-refractivity contribution in [2.75, 3.05) is 23.7 Å². The second-order valence-electron chi connectivity index (χ2n) is 11.0. The first-order chi connectivity index (χ1) is 15.8. The number of nitrogens with one attached hydrogen (secondary N) is 3. The average Bonchev–Trinajstić information content (AvgIpc) is 3.69. The number of nitrogens with zero attached hydrogens (tertiary/aromatic N) is 3. The molecule has 3 aliphatic rings. The summed E-state index contributed by atoms with van der Waals surface area (Å²) in [5.41, 5.74) is 1.88. The molecular formula is C24H34N6O2S. The molecule has 0 aliphatic heterocycles. The highest BCUT2D eigenvalue weighted by Crippen LogP contribution is 2.42. The molecule has 0 saturated heterocycles. The molecule has 2 saturated carbocycles. The van der Waals surface area contributed by atoms with Gasteiger partial charge in [-0.1, -0.05) is 20.8 Å². The van der Waals surface area contributed by atoms with Gasteiger partial charge in [-0.25, -0.2) is 0 Å². The van der Waals surface area contributed by atoms with Crippen LogP contribution in [0, 0.1) is 17.3 Å². The number of aryl methyl sites for hydroxylation is 1. The first kappa shape index (κ1) is 22.4. The normalized spacial score (nSPS) is 20.3. The van der Waals surface area contributed by atoms with Gasteiger partial charge in [0.15, 0.2) is 0 Å². The molecule has 0 radical (unpaired) electrons. The quantitative estimate of drug-likeness (QED) is 0.541. The van der Waals surface area contributed by atoms with Crippen molar-refractivity contribution in [1.82, 2.24) is 20.1 Å². The predicted octanol–water partition coefficient (Wildman–Crippen LogP) is 4.02. The summed E-state index contributed by atoms with van der Waals surface area (Å²) >= 11 is 1.58. The van der Waals surface area contributed by atoms with Gasteiger partial charge in [-0.3, -0.25) is 14.2 Å². The Morgan fingerprint density at radius 2 is 1.97 bits per heavy atom. The van der Waals surface area contributed by atoms with E-state index in [1.54, 1.807) is 17.7 Å². The van der Waals surface area contributed by atoms with Crippen molar-refractivity contribution >= 4 is 34.1 Å². The molecule has 2 aromatic rings. The zero-order valence-electron chi connectivity index (χ0n) is 19.7. The fourth-order valence-corrected chi connectivity index (χ4v) is 5.56. The van der Waals surface area contributed by atoms with E-state index < -0.39 is 0 Å². The van der Waals surface area contributed by atoms with Crippen molar-refractivity contribution in [1.29, 1.82) is 0 Å². The second kappa shape index (κ2) is 8.74. The molecular weight excluding hydrogens is 436 g/mol. The fourth-order valence-electron chi connectivity index (χ4n) is 4.32. The van der Waals surface area contributed by atoms with Crippen LogP contribution in [0.5, 0.6) is 0 Å². The lowest BCUT2D eigenvalue weighted by atomic mass is 9.91. The van der Waals surface area contributed by atoms with Gasteiger partial charge in [0.2, 0.25) is 11.9 Å². The summed E-state index contributed by atoms with van der Waals surface area (Å²) in [6, 6.07) is 0.173. The smallest absolute Gasteiger partial charge is 0.254 e. The van der Waals surface area contributed by atoms with Gasteiger partial charge in [-0.2, -0.15) is 0 Å². The summed E-state index contributed by atoms with van der Waals surface area (Å²) in [5.74, 6) is 1.48. The minimum atomic E-state index is -0.0546. The third kappa shape index (κ3) is 5.23. The van der Waals surface area contributed by atoms with Crippen LogP contribution in [0.15, 0.2) is 6.33 Å². The van der Waals surface area contributed by atoms with E-state index in [0.29, 0.717) is 11.5 Å². The molecule has 178 valence electrons. The summed E-state index contributed by atoms with van der Waals surface area (Å²) in [6.45, 7) is 8.07. The van der Waals surface area contributed by atoms with Crippen molar-refractivity contribution < 1.29 is 9.59 Å². The second-order valence-corrected chi connectivity index (χ2v) is 12.1. The first-order valence-corrected chi connectivity index (χ1v) is 13.0. The van der Waals surface area contributed by atoms with Crippen molar-refractivity contribution in [3.63, 3.8) is 0 Å². The molecule has 5 rings (SSSR count). The number of aromatic nitrogens is 3. The van der Waals surface area contributed by atoms with Crippen molar-refractivity contribution in [2.45, 2.75) is 71.8 Å². The number of fused-ring (bicyclic) bond motifs is 1. The summed E-state index contributed by atoms with van der Waals surface area (Å²) in [6.07, 6.45) is 8.62. The summed E-state index contributed by atoms with van der Waals surface area (Å²) < 4.78 is 2.11. The molecule has 0 bridgehead atoms. The predicted molar refractivity (Wildman–Crippen MR) is 130 cm³/mol. The van der Waals surface area contributed by atoms with Crippen molar-refractivity contribution in [3.8, 4) is 0 Å². The largest absolute Gasteiger partial charge is 0.354 e. The zero-order chi connectivity index (χ0) is 23.2. The average molecular weight is 471 g/mol. The lowest BCUT2D eigenvalue weighted by molar-refractivity contribution is -0.117. The maximum atomic E-state index is 13.3. The van der Waals surface area contributed by atoms with E-state index in [2.05, 4.69) is 51.5 Å². The van der Waals surface area contributed by atoms with Crippen LogP contribution < -0.4 is 16.0 Å².